The van der Waals surface area contributed by atoms with Crippen molar-refractivity contribution in [2.24, 2.45) is 11.7 Å². The highest BCUT2D eigenvalue weighted by Crippen LogP contribution is 2.36. The summed E-state index contributed by atoms with van der Waals surface area (Å²) in [5.74, 6) is -0.127. The van der Waals surface area contributed by atoms with Gasteiger partial charge < -0.3 is 5.73 Å². The topological polar surface area (TPSA) is 60.2 Å². The van der Waals surface area contributed by atoms with Gasteiger partial charge in [0.2, 0.25) is 9.84 Å². The van der Waals surface area contributed by atoms with Gasteiger partial charge in [-0.2, -0.15) is 0 Å². The molecule has 1 atom stereocenters. The molecule has 1 aliphatic heterocycles. The molecule has 0 spiro atoms. The molecule has 2 rings (SSSR count). The fourth-order valence-electron chi connectivity index (χ4n) is 1.87. The van der Waals surface area contributed by atoms with Gasteiger partial charge in [0.25, 0.3) is 0 Å². The number of fused-ring (bicyclic) bond motifs is 1. The van der Waals surface area contributed by atoms with Crippen LogP contribution in [0.25, 0.3) is 6.08 Å². The average molecular weight is 237 g/mol. The SMILES string of the molecule is Cc1ccc2c(c1)S(=O)(=O)C(C(C)CN)=C2. The first-order valence-electron chi connectivity index (χ1n) is 5.24. The van der Waals surface area contributed by atoms with Gasteiger partial charge in [-0.1, -0.05) is 19.1 Å². The first-order valence-corrected chi connectivity index (χ1v) is 6.72. The van der Waals surface area contributed by atoms with Gasteiger partial charge in [-0.25, -0.2) is 8.42 Å². The van der Waals surface area contributed by atoms with Crippen LogP contribution in [0.2, 0.25) is 0 Å². The van der Waals surface area contributed by atoms with E-state index in [1.54, 1.807) is 12.1 Å². The summed E-state index contributed by atoms with van der Waals surface area (Å²) >= 11 is 0. The lowest BCUT2D eigenvalue weighted by Crippen LogP contribution is -2.17. The van der Waals surface area contributed by atoms with Gasteiger partial charge in [0.15, 0.2) is 0 Å². The minimum absolute atomic E-state index is 0.127. The number of nitrogens with two attached hydrogens (primary N) is 1. The van der Waals surface area contributed by atoms with Gasteiger partial charge in [-0.3, -0.25) is 0 Å². The van der Waals surface area contributed by atoms with E-state index in [2.05, 4.69) is 0 Å². The predicted octanol–water partition coefficient (Wildman–Crippen LogP) is 1.72. The van der Waals surface area contributed by atoms with Crippen molar-refractivity contribution in [3.63, 3.8) is 0 Å². The Labute approximate surface area is 95.9 Å². The number of benzene rings is 1. The van der Waals surface area contributed by atoms with Crippen molar-refractivity contribution in [2.75, 3.05) is 6.54 Å². The van der Waals surface area contributed by atoms with Crippen LogP contribution in [0.4, 0.5) is 0 Å². The van der Waals surface area contributed by atoms with Crippen LogP contribution in [0.15, 0.2) is 28.0 Å². The highest BCUT2D eigenvalue weighted by atomic mass is 32.2. The molecular formula is C12H15NO2S. The third-order valence-corrected chi connectivity index (χ3v) is 4.98. The Kier molecular flexibility index (Phi) is 2.64. The molecule has 3 nitrogen and oxygen atoms in total. The van der Waals surface area contributed by atoms with Crippen LogP contribution in [0.3, 0.4) is 0 Å². The maximum absolute atomic E-state index is 12.2. The molecule has 0 radical (unpaired) electrons. The number of sulfone groups is 1. The summed E-state index contributed by atoms with van der Waals surface area (Å²) < 4.78 is 24.4. The Morgan fingerprint density at radius 2 is 2.06 bits per heavy atom. The summed E-state index contributed by atoms with van der Waals surface area (Å²) in [7, 11) is -3.30. The van der Waals surface area contributed by atoms with Crippen LogP contribution in [-0.2, 0) is 9.84 Å². The van der Waals surface area contributed by atoms with Gasteiger partial charge in [-0.15, -0.1) is 0 Å². The standard InChI is InChI=1S/C12H15NO2S/c1-8-3-4-10-6-11(9(2)7-13)16(14,15)12(10)5-8/h3-6,9H,7,13H2,1-2H3. The van der Waals surface area contributed by atoms with Crippen LogP contribution in [0, 0.1) is 12.8 Å². The second-order valence-electron chi connectivity index (χ2n) is 4.23. The van der Waals surface area contributed by atoms with Crippen molar-refractivity contribution in [1.29, 1.82) is 0 Å². The average Bonchev–Trinajstić information content (AvgIpc) is 2.50. The van der Waals surface area contributed by atoms with Crippen molar-refractivity contribution >= 4 is 15.9 Å². The summed E-state index contributed by atoms with van der Waals surface area (Å²) in [6.07, 6.45) is 1.74. The maximum atomic E-state index is 12.2. The molecule has 0 amide bonds. The van der Waals surface area contributed by atoms with Crippen LogP contribution in [0.1, 0.15) is 18.1 Å². The predicted molar refractivity (Wildman–Crippen MR) is 64.6 cm³/mol. The highest BCUT2D eigenvalue weighted by Gasteiger charge is 2.32. The van der Waals surface area contributed by atoms with E-state index in [9.17, 15) is 8.42 Å². The lowest BCUT2D eigenvalue weighted by atomic mass is 10.1. The monoisotopic (exact) mass is 237 g/mol. The van der Waals surface area contributed by atoms with E-state index in [0.717, 1.165) is 11.1 Å². The molecule has 1 unspecified atom stereocenters. The summed E-state index contributed by atoms with van der Waals surface area (Å²) in [6.45, 7) is 4.07. The van der Waals surface area contributed by atoms with Gasteiger partial charge in [0.1, 0.15) is 0 Å². The fourth-order valence-corrected chi connectivity index (χ4v) is 3.81. The van der Waals surface area contributed by atoms with Crippen LogP contribution < -0.4 is 5.73 Å². The van der Waals surface area contributed by atoms with Crippen LogP contribution in [0.5, 0.6) is 0 Å². The summed E-state index contributed by atoms with van der Waals surface area (Å²) in [5.41, 5.74) is 7.27. The molecule has 0 saturated carbocycles. The van der Waals surface area contributed by atoms with Crippen molar-refractivity contribution in [3.05, 3.63) is 34.2 Å². The van der Waals surface area contributed by atoms with Gasteiger partial charge in [0, 0.05) is 5.92 Å². The van der Waals surface area contributed by atoms with E-state index in [-0.39, 0.29) is 5.92 Å². The Balaban J connectivity index is 2.60. The molecule has 2 N–H and O–H groups in total. The van der Waals surface area contributed by atoms with Crippen molar-refractivity contribution in [3.8, 4) is 0 Å². The van der Waals surface area contributed by atoms with E-state index in [4.69, 9.17) is 5.73 Å². The minimum atomic E-state index is -3.30. The molecule has 0 aliphatic carbocycles. The Hall–Kier alpha value is -1.13. The molecule has 86 valence electrons. The maximum Gasteiger partial charge on any atom is 0.203 e. The van der Waals surface area contributed by atoms with Crippen LogP contribution in [-0.4, -0.2) is 15.0 Å². The zero-order chi connectivity index (χ0) is 11.9. The molecule has 1 aliphatic rings. The van der Waals surface area contributed by atoms with Crippen molar-refractivity contribution in [1.82, 2.24) is 0 Å². The summed E-state index contributed by atoms with van der Waals surface area (Å²) in [5, 5.41) is 0. The molecule has 0 fully saturated rings. The zero-order valence-electron chi connectivity index (χ0n) is 9.40. The van der Waals surface area contributed by atoms with Crippen molar-refractivity contribution < 1.29 is 8.42 Å². The normalized spacial score (nSPS) is 19.1. The molecule has 1 aromatic carbocycles. The molecule has 0 saturated heterocycles. The fraction of sp³-hybridized carbons (Fsp3) is 0.333. The second-order valence-corrected chi connectivity index (χ2v) is 6.15. The van der Waals surface area contributed by atoms with Gasteiger partial charge in [0.05, 0.1) is 9.80 Å². The van der Waals surface area contributed by atoms with E-state index in [1.165, 1.54) is 0 Å². The first-order chi connectivity index (χ1) is 7.46. The van der Waals surface area contributed by atoms with Crippen LogP contribution >= 0.6 is 0 Å². The highest BCUT2D eigenvalue weighted by molar-refractivity contribution is 7.95. The lowest BCUT2D eigenvalue weighted by molar-refractivity contribution is 0.594. The molecule has 4 heteroatoms. The Morgan fingerprint density at radius 1 is 1.38 bits per heavy atom. The molecule has 0 aromatic heterocycles. The van der Waals surface area contributed by atoms with E-state index in [0.29, 0.717) is 16.3 Å². The summed E-state index contributed by atoms with van der Waals surface area (Å²) in [6, 6.07) is 5.48. The van der Waals surface area contributed by atoms with E-state index in [1.807, 2.05) is 26.0 Å². The second kappa shape index (κ2) is 3.71. The lowest BCUT2D eigenvalue weighted by Gasteiger charge is -2.09. The largest absolute Gasteiger partial charge is 0.330 e. The summed E-state index contributed by atoms with van der Waals surface area (Å²) in [4.78, 5) is 0.860. The number of rotatable bonds is 2. The van der Waals surface area contributed by atoms with E-state index < -0.39 is 9.84 Å². The quantitative estimate of drug-likeness (QED) is 0.852. The first kappa shape index (κ1) is 11.4. The smallest absolute Gasteiger partial charge is 0.203 e. The molecule has 0 bridgehead atoms. The molecule has 1 aromatic rings. The third-order valence-electron chi connectivity index (χ3n) is 2.91. The molecular weight excluding hydrogens is 222 g/mol. The molecule has 1 heterocycles. The Bertz CT molecular complexity index is 558. The molecule has 16 heavy (non-hydrogen) atoms. The number of hydrogen-bond acceptors (Lipinski definition) is 3. The van der Waals surface area contributed by atoms with Gasteiger partial charge in [-0.05, 0) is 36.7 Å². The number of hydrogen-bond donors (Lipinski definition) is 1. The van der Waals surface area contributed by atoms with Gasteiger partial charge >= 0.3 is 0 Å². The van der Waals surface area contributed by atoms with E-state index >= 15 is 0 Å². The number of aryl methyl sites for hydroxylation is 1. The Morgan fingerprint density at radius 3 is 2.69 bits per heavy atom. The van der Waals surface area contributed by atoms with Crippen molar-refractivity contribution in [2.45, 2.75) is 18.7 Å². The third kappa shape index (κ3) is 1.58. The minimum Gasteiger partial charge on any atom is -0.330 e. The zero-order valence-corrected chi connectivity index (χ0v) is 10.2.